The van der Waals surface area contributed by atoms with Crippen molar-refractivity contribution in [3.05, 3.63) is 11.9 Å². The fourth-order valence-corrected chi connectivity index (χ4v) is 1.71. The molecule has 1 aromatic rings. The molecule has 0 amide bonds. The first-order chi connectivity index (χ1) is 8.60. The molecule has 1 unspecified atom stereocenters. The first-order valence-electron chi connectivity index (χ1n) is 6.65. The van der Waals surface area contributed by atoms with Crippen LogP contribution in [0.4, 0.5) is 11.6 Å². The van der Waals surface area contributed by atoms with Gasteiger partial charge < -0.3 is 16.0 Å². The van der Waals surface area contributed by atoms with E-state index in [-0.39, 0.29) is 0 Å². The zero-order valence-corrected chi connectivity index (χ0v) is 11.9. The van der Waals surface area contributed by atoms with Crippen molar-refractivity contribution >= 4 is 11.6 Å². The van der Waals surface area contributed by atoms with Crippen LogP contribution in [0.15, 0.2) is 6.07 Å². The topological polar surface area (TPSA) is 67.1 Å². The van der Waals surface area contributed by atoms with E-state index >= 15 is 0 Å². The summed E-state index contributed by atoms with van der Waals surface area (Å²) in [5, 5.41) is 3.32. The van der Waals surface area contributed by atoms with Crippen LogP contribution in [-0.4, -0.2) is 36.1 Å². The molecule has 1 atom stereocenters. The first kappa shape index (κ1) is 14.7. The van der Waals surface area contributed by atoms with Gasteiger partial charge in [-0.15, -0.1) is 0 Å². The maximum atomic E-state index is 5.61. The quantitative estimate of drug-likeness (QED) is 0.771. The molecule has 0 bridgehead atoms. The van der Waals surface area contributed by atoms with Crippen LogP contribution >= 0.6 is 0 Å². The minimum Gasteiger partial charge on any atom is -0.370 e. The third kappa shape index (κ3) is 4.14. The summed E-state index contributed by atoms with van der Waals surface area (Å²) in [6, 6.07) is 2.00. The van der Waals surface area contributed by atoms with E-state index in [9.17, 15) is 0 Å². The Kier molecular flexibility index (Phi) is 5.85. The van der Waals surface area contributed by atoms with E-state index in [2.05, 4.69) is 41.0 Å². The van der Waals surface area contributed by atoms with Gasteiger partial charge in [0, 0.05) is 25.7 Å². The van der Waals surface area contributed by atoms with Crippen LogP contribution in [-0.2, 0) is 0 Å². The first-order valence-corrected chi connectivity index (χ1v) is 6.65. The van der Waals surface area contributed by atoms with Gasteiger partial charge in [0.2, 0.25) is 0 Å². The monoisotopic (exact) mass is 251 g/mol. The molecular weight excluding hydrogens is 226 g/mol. The summed E-state index contributed by atoms with van der Waals surface area (Å²) in [6.45, 7) is 11.7. The lowest BCUT2D eigenvalue weighted by Gasteiger charge is -2.21. The Balaban J connectivity index is 2.80. The van der Waals surface area contributed by atoms with E-state index in [0.29, 0.717) is 12.5 Å². The Morgan fingerprint density at radius 2 is 2.00 bits per heavy atom. The number of anilines is 2. The smallest absolute Gasteiger partial charge is 0.134 e. The molecule has 5 heteroatoms. The second-order valence-corrected chi connectivity index (χ2v) is 4.55. The van der Waals surface area contributed by atoms with Crippen molar-refractivity contribution in [1.29, 1.82) is 0 Å². The summed E-state index contributed by atoms with van der Waals surface area (Å²) < 4.78 is 0. The molecule has 0 aliphatic rings. The fraction of sp³-hybridized carbons (Fsp3) is 0.692. The maximum absolute atomic E-state index is 5.61. The van der Waals surface area contributed by atoms with Gasteiger partial charge in [-0.25, -0.2) is 9.97 Å². The van der Waals surface area contributed by atoms with Crippen LogP contribution in [0.3, 0.4) is 0 Å². The highest BCUT2D eigenvalue weighted by molar-refractivity contribution is 5.49. The zero-order chi connectivity index (χ0) is 13.5. The molecule has 102 valence electrons. The van der Waals surface area contributed by atoms with Crippen molar-refractivity contribution in [1.82, 2.24) is 9.97 Å². The predicted molar refractivity (Wildman–Crippen MR) is 77.0 cm³/mol. The highest BCUT2D eigenvalue weighted by Crippen LogP contribution is 2.15. The molecule has 3 N–H and O–H groups in total. The largest absolute Gasteiger partial charge is 0.370 e. The average molecular weight is 251 g/mol. The molecule has 5 nitrogen and oxygen atoms in total. The van der Waals surface area contributed by atoms with E-state index in [1.807, 2.05) is 13.0 Å². The molecule has 0 aromatic carbocycles. The van der Waals surface area contributed by atoms with E-state index in [1.165, 1.54) is 0 Å². The number of hydrogen-bond donors (Lipinski definition) is 2. The van der Waals surface area contributed by atoms with Gasteiger partial charge >= 0.3 is 0 Å². The second-order valence-electron chi connectivity index (χ2n) is 4.55. The number of aromatic nitrogens is 2. The molecule has 1 heterocycles. The van der Waals surface area contributed by atoms with Gasteiger partial charge in [0.15, 0.2) is 0 Å². The maximum Gasteiger partial charge on any atom is 0.134 e. The second kappa shape index (κ2) is 7.16. The van der Waals surface area contributed by atoms with Gasteiger partial charge in [-0.3, -0.25) is 0 Å². The van der Waals surface area contributed by atoms with Crippen LogP contribution in [0.25, 0.3) is 0 Å². The summed E-state index contributed by atoms with van der Waals surface area (Å²) in [5.41, 5.74) is 5.61. The molecule has 0 radical (unpaired) electrons. The Hall–Kier alpha value is -1.36. The third-order valence-electron chi connectivity index (χ3n) is 2.95. The van der Waals surface area contributed by atoms with Crippen molar-refractivity contribution in [2.24, 2.45) is 11.7 Å². The highest BCUT2D eigenvalue weighted by atomic mass is 15.2. The zero-order valence-electron chi connectivity index (χ0n) is 11.9. The summed E-state index contributed by atoms with van der Waals surface area (Å²) in [7, 11) is 0. The van der Waals surface area contributed by atoms with Gasteiger partial charge in [-0.05, 0) is 33.2 Å². The minimum absolute atomic E-state index is 0.442. The summed E-state index contributed by atoms with van der Waals surface area (Å²) in [5.74, 6) is 3.10. The summed E-state index contributed by atoms with van der Waals surface area (Å²) in [6.07, 6.45) is 0. The van der Waals surface area contributed by atoms with Crippen LogP contribution in [0.1, 0.15) is 26.6 Å². The van der Waals surface area contributed by atoms with E-state index in [4.69, 9.17) is 5.73 Å². The lowest BCUT2D eigenvalue weighted by Crippen LogP contribution is -2.24. The Labute approximate surface area is 110 Å². The number of aryl methyl sites for hydroxylation is 1. The molecule has 1 rings (SSSR count). The number of nitrogens with two attached hydrogens (primary N) is 1. The van der Waals surface area contributed by atoms with Gasteiger partial charge in [-0.1, -0.05) is 6.92 Å². The van der Waals surface area contributed by atoms with Gasteiger partial charge in [-0.2, -0.15) is 0 Å². The highest BCUT2D eigenvalue weighted by Gasteiger charge is 2.07. The minimum atomic E-state index is 0.442. The van der Waals surface area contributed by atoms with Crippen molar-refractivity contribution in [3.63, 3.8) is 0 Å². The number of nitrogens with one attached hydrogen (secondary N) is 1. The van der Waals surface area contributed by atoms with Gasteiger partial charge in [0.25, 0.3) is 0 Å². The van der Waals surface area contributed by atoms with Crippen molar-refractivity contribution in [2.75, 3.05) is 36.4 Å². The van der Waals surface area contributed by atoms with Crippen LogP contribution in [0.5, 0.6) is 0 Å². The van der Waals surface area contributed by atoms with Crippen molar-refractivity contribution in [3.8, 4) is 0 Å². The Morgan fingerprint density at radius 1 is 1.33 bits per heavy atom. The number of nitrogens with zero attached hydrogens (tertiary/aromatic N) is 3. The number of rotatable bonds is 7. The van der Waals surface area contributed by atoms with Gasteiger partial charge in [0.1, 0.15) is 17.5 Å². The Bertz CT molecular complexity index is 362. The average Bonchev–Trinajstić information content (AvgIpc) is 2.37. The number of hydrogen-bond acceptors (Lipinski definition) is 5. The van der Waals surface area contributed by atoms with Gasteiger partial charge in [0.05, 0.1) is 0 Å². The Morgan fingerprint density at radius 3 is 2.56 bits per heavy atom. The van der Waals surface area contributed by atoms with E-state index in [1.54, 1.807) is 0 Å². The summed E-state index contributed by atoms with van der Waals surface area (Å²) in [4.78, 5) is 11.1. The SMILES string of the molecule is CCN(CC)c1cc(NCC(C)CN)nc(C)n1. The van der Waals surface area contributed by atoms with Crippen molar-refractivity contribution < 1.29 is 0 Å². The molecule has 0 fully saturated rings. The van der Waals surface area contributed by atoms with E-state index < -0.39 is 0 Å². The molecule has 0 saturated heterocycles. The summed E-state index contributed by atoms with van der Waals surface area (Å²) >= 11 is 0. The standard InChI is InChI=1S/C13H25N5/c1-5-18(6-2)13-7-12(16-11(4)17-13)15-9-10(3)8-14/h7,10H,5-6,8-9,14H2,1-4H3,(H,15,16,17). The molecule has 18 heavy (non-hydrogen) atoms. The predicted octanol–water partition coefficient (Wildman–Crippen LogP) is 1.64. The normalized spacial score (nSPS) is 12.3. The lowest BCUT2D eigenvalue weighted by atomic mass is 10.2. The fourth-order valence-electron chi connectivity index (χ4n) is 1.71. The molecule has 0 saturated carbocycles. The molecular formula is C13H25N5. The molecule has 0 spiro atoms. The van der Waals surface area contributed by atoms with Crippen LogP contribution in [0, 0.1) is 12.8 Å². The lowest BCUT2D eigenvalue weighted by molar-refractivity contribution is 0.626. The molecule has 1 aromatic heterocycles. The molecule has 0 aliphatic carbocycles. The third-order valence-corrected chi connectivity index (χ3v) is 2.95. The van der Waals surface area contributed by atoms with E-state index in [0.717, 1.165) is 37.1 Å². The van der Waals surface area contributed by atoms with Crippen LogP contribution in [0.2, 0.25) is 0 Å². The van der Waals surface area contributed by atoms with Crippen LogP contribution < -0.4 is 16.0 Å². The van der Waals surface area contributed by atoms with Crippen molar-refractivity contribution in [2.45, 2.75) is 27.7 Å². The molecule has 0 aliphatic heterocycles.